The van der Waals surface area contributed by atoms with E-state index < -0.39 is 0 Å². The summed E-state index contributed by atoms with van der Waals surface area (Å²) in [5.41, 5.74) is 4.71. The number of thiocarbonyl (C=S) groups is 1. The number of benzene rings is 2. The topological polar surface area (TPSA) is 12.0 Å². The Morgan fingerprint density at radius 1 is 1.19 bits per heavy atom. The highest BCUT2D eigenvalue weighted by atomic mass is 79.9. The van der Waals surface area contributed by atoms with Crippen LogP contribution in [0.25, 0.3) is 0 Å². The second-order valence-electron chi connectivity index (χ2n) is 4.74. The number of halogens is 2. The number of nitrogens with one attached hydrogen (secondary N) is 1. The van der Waals surface area contributed by atoms with Crippen LogP contribution in [-0.2, 0) is 5.75 Å². The van der Waals surface area contributed by atoms with Crippen LogP contribution in [0, 0.1) is 13.8 Å². The van der Waals surface area contributed by atoms with Gasteiger partial charge in [-0.15, -0.1) is 0 Å². The number of hydrogen-bond donors (Lipinski definition) is 1. The number of anilines is 1. The first-order valence-electron chi connectivity index (χ1n) is 6.40. The zero-order valence-corrected chi connectivity index (χ0v) is 15.7. The zero-order chi connectivity index (χ0) is 15.4. The van der Waals surface area contributed by atoms with Crippen LogP contribution >= 0.6 is 51.5 Å². The molecule has 1 nitrogen and oxygen atoms in total. The fraction of sp³-hybridized carbons (Fsp3) is 0.188. The van der Waals surface area contributed by atoms with Crippen LogP contribution in [0.1, 0.15) is 16.7 Å². The molecule has 0 atom stereocenters. The Morgan fingerprint density at radius 2 is 1.81 bits per heavy atom. The summed E-state index contributed by atoms with van der Waals surface area (Å²) in [5, 5.41) is 4.03. The van der Waals surface area contributed by atoms with E-state index >= 15 is 0 Å². The minimum atomic E-state index is 0.753. The van der Waals surface area contributed by atoms with Crippen molar-refractivity contribution < 1.29 is 0 Å². The predicted molar refractivity (Wildman–Crippen MR) is 103 cm³/mol. The molecule has 2 aromatic rings. The molecule has 0 fully saturated rings. The predicted octanol–water partition coefficient (Wildman–Crippen LogP) is 6.35. The van der Waals surface area contributed by atoms with Gasteiger partial charge in [-0.2, -0.15) is 0 Å². The molecule has 0 bridgehead atoms. The van der Waals surface area contributed by atoms with Gasteiger partial charge in [0.15, 0.2) is 0 Å². The summed E-state index contributed by atoms with van der Waals surface area (Å²) in [6.45, 7) is 4.19. The van der Waals surface area contributed by atoms with E-state index in [2.05, 4.69) is 47.2 Å². The monoisotopic (exact) mass is 399 g/mol. The van der Waals surface area contributed by atoms with Crippen molar-refractivity contribution >= 4 is 61.5 Å². The standard InChI is InChI=1S/C16H15BrClNS2/c1-10-7-14(17)15(8-11(10)2)19-16(20)21-9-12-3-5-13(18)6-4-12/h3-8H,9H2,1-2H3,(H,19,20). The first-order valence-corrected chi connectivity index (χ1v) is 8.97. The van der Waals surface area contributed by atoms with E-state index in [9.17, 15) is 0 Å². The van der Waals surface area contributed by atoms with Crippen molar-refractivity contribution in [1.29, 1.82) is 0 Å². The maximum Gasteiger partial charge on any atom is 0.138 e. The lowest BCUT2D eigenvalue weighted by Gasteiger charge is -2.12. The van der Waals surface area contributed by atoms with Gasteiger partial charge in [0.2, 0.25) is 0 Å². The number of hydrogen-bond acceptors (Lipinski definition) is 2. The van der Waals surface area contributed by atoms with Crippen LogP contribution in [0.4, 0.5) is 5.69 Å². The van der Waals surface area contributed by atoms with E-state index in [1.807, 2.05) is 24.3 Å². The Labute approximate surface area is 148 Å². The molecule has 1 N–H and O–H groups in total. The summed E-state index contributed by atoms with van der Waals surface area (Å²) in [6, 6.07) is 12.0. The molecule has 2 aromatic carbocycles. The van der Waals surface area contributed by atoms with Crippen molar-refractivity contribution in [2.75, 3.05) is 5.32 Å². The van der Waals surface area contributed by atoms with Gasteiger partial charge < -0.3 is 5.32 Å². The van der Waals surface area contributed by atoms with E-state index in [0.717, 1.165) is 25.3 Å². The van der Waals surface area contributed by atoms with Crippen molar-refractivity contribution in [3.63, 3.8) is 0 Å². The van der Waals surface area contributed by atoms with Crippen molar-refractivity contribution in [2.24, 2.45) is 0 Å². The van der Waals surface area contributed by atoms with Crippen LogP contribution in [0.3, 0.4) is 0 Å². The summed E-state index contributed by atoms with van der Waals surface area (Å²) in [7, 11) is 0. The van der Waals surface area contributed by atoms with Crippen LogP contribution < -0.4 is 5.32 Å². The molecule has 0 saturated carbocycles. The van der Waals surface area contributed by atoms with Gasteiger partial charge in [-0.05, 0) is 70.7 Å². The Hall–Kier alpha value is -0.550. The molecule has 0 aliphatic rings. The molecule has 21 heavy (non-hydrogen) atoms. The summed E-state index contributed by atoms with van der Waals surface area (Å²) in [5.74, 6) is 0.825. The number of rotatable bonds is 3. The van der Waals surface area contributed by atoms with Gasteiger partial charge in [-0.25, -0.2) is 0 Å². The molecule has 0 amide bonds. The van der Waals surface area contributed by atoms with E-state index in [1.165, 1.54) is 16.7 Å². The van der Waals surface area contributed by atoms with E-state index in [4.69, 9.17) is 23.8 Å². The highest BCUT2D eigenvalue weighted by Gasteiger charge is 2.06. The Balaban J connectivity index is 1.96. The summed E-state index contributed by atoms with van der Waals surface area (Å²) >= 11 is 16.5. The molecule has 2 rings (SSSR count). The Bertz CT molecular complexity index is 656. The molecule has 0 heterocycles. The molecule has 0 aromatic heterocycles. The lowest BCUT2D eigenvalue weighted by Crippen LogP contribution is -2.06. The third-order valence-electron chi connectivity index (χ3n) is 3.10. The van der Waals surface area contributed by atoms with Gasteiger partial charge in [0.1, 0.15) is 4.32 Å². The smallest absolute Gasteiger partial charge is 0.138 e. The summed E-state index contributed by atoms with van der Waals surface area (Å²) in [6.07, 6.45) is 0. The first kappa shape index (κ1) is 16.8. The maximum atomic E-state index is 5.88. The van der Waals surface area contributed by atoms with Crippen molar-refractivity contribution in [3.8, 4) is 0 Å². The van der Waals surface area contributed by atoms with E-state index in [-0.39, 0.29) is 0 Å². The van der Waals surface area contributed by atoms with E-state index in [0.29, 0.717) is 0 Å². The molecule has 0 saturated heterocycles. The molecule has 110 valence electrons. The lowest BCUT2D eigenvalue weighted by molar-refractivity contribution is 1.33. The fourth-order valence-corrected chi connectivity index (χ4v) is 3.39. The molecular formula is C16H15BrClNS2. The van der Waals surface area contributed by atoms with Gasteiger partial charge in [0, 0.05) is 15.2 Å². The second kappa shape index (κ2) is 7.63. The first-order chi connectivity index (χ1) is 9.95. The molecule has 0 aliphatic carbocycles. The van der Waals surface area contributed by atoms with Crippen molar-refractivity contribution in [3.05, 3.63) is 62.6 Å². The van der Waals surface area contributed by atoms with Crippen molar-refractivity contribution in [2.45, 2.75) is 19.6 Å². The molecule has 0 spiro atoms. The van der Waals surface area contributed by atoms with Gasteiger partial charge in [-0.3, -0.25) is 0 Å². The summed E-state index contributed by atoms with van der Waals surface area (Å²) < 4.78 is 1.79. The highest BCUT2D eigenvalue weighted by molar-refractivity contribution is 9.10. The Morgan fingerprint density at radius 3 is 2.48 bits per heavy atom. The average molecular weight is 401 g/mol. The molecule has 0 radical (unpaired) electrons. The van der Waals surface area contributed by atoms with Crippen LogP contribution in [-0.4, -0.2) is 4.32 Å². The van der Waals surface area contributed by atoms with Crippen LogP contribution in [0.5, 0.6) is 0 Å². The quantitative estimate of drug-likeness (QED) is 0.603. The molecule has 0 aliphatic heterocycles. The Kier molecular flexibility index (Phi) is 6.11. The minimum Gasteiger partial charge on any atom is -0.340 e. The van der Waals surface area contributed by atoms with Crippen LogP contribution in [0.2, 0.25) is 5.02 Å². The minimum absolute atomic E-state index is 0.753. The van der Waals surface area contributed by atoms with Gasteiger partial charge in [0.25, 0.3) is 0 Å². The van der Waals surface area contributed by atoms with Gasteiger partial charge >= 0.3 is 0 Å². The average Bonchev–Trinajstić information content (AvgIpc) is 2.44. The lowest BCUT2D eigenvalue weighted by atomic mass is 10.1. The highest BCUT2D eigenvalue weighted by Crippen LogP contribution is 2.27. The maximum absolute atomic E-state index is 5.88. The number of aryl methyl sites for hydroxylation is 2. The normalized spacial score (nSPS) is 10.5. The zero-order valence-electron chi connectivity index (χ0n) is 11.7. The third-order valence-corrected chi connectivity index (χ3v) is 5.31. The second-order valence-corrected chi connectivity index (χ2v) is 7.69. The fourth-order valence-electron chi connectivity index (χ4n) is 1.75. The van der Waals surface area contributed by atoms with Crippen molar-refractivity contribution in [1.82, 2.24) is 0 Å². The largest absolute Gasteiger partial charge is 0.340 e. The third kappa shape index (κ3) is 4.99. The van der Waals surface area contributed by atoms with Gasteiger partial charge in [0.05, 0.1) is 5.69 Å². The summed E-state index contributed by atoms with van der Waals surface area (Å²) in [4.78, 5) is 0. The SMILES string of the molecule is Cc1cc(Br)c(NC(=S)SCc2ccc(Cl)cc2)cc1C. The number of thioether (sulfide) groups is 1. The van der Waals surface area contributed by atoms with Gasteiger partial charge in [-0.1, -0.05) is 47.7 Å². The van der Waals surface area contributed by atoms with E-state index in [1.54, 1.807) is 11.8 Å². The molecule has 0 unspecified atom stereocenters. The molecular weight excluding hydrogens is 386 g/mol. The van der Waals surface area contributed by atoms with Crippen LogP contribution in [0.15, 0.2) is 40.9 Å². The molecule has 5 heteroatoms.